The Morgan fingerprint density at radius 2 is 2.25 bits per heavy atom. The van der Waals surface area contributed by atoms with Crippen LogP contribution in [0.5, 0.6) is 0 Å². The lowest BCUT2D eigenvalue weighted by Crippen LogP contribution is -2.15. The highest BCUT2D eigenvalue weighted by Crippen LogP contribution is 2.33. The van der Waals surface area contributed by atoms with Gasteiger partial charge in [0, 0.05) is 18.2 Å². The molecule has 0 bridgehead atoms. The summed E-state index contributed by atoms with van der Waals surface area (Å²) in [5.74, 6) is 0.140. The van der Waals surface area contributed by atoms with Crippen LogP contribution in [0.1, 0.15) is 31.7 Å². The lowest BCUT2D eigenvalue weighted by atomic mass is 9.98. The van der Waals surface area contributed by atoms with Crippen LogP contribution in [0, 0.1) is 0 Å². The zero-order valence-electron chi connectivity index (χ0n) is 9.69. The van der Waals surface area contributed by atoms with Gasteiger partial charge in [0.05, 0.1) is 12.5 Å². The van der Waals surface area contributed by atoms with Crippen LogP contribution < -0.4 is 5.32 Å². The Hall–Kier alpha value is -1.51. The SMILES string of the molecule is CC(C)OC(=O)CC1CNc2ccccc21. The maximum atomic E-state index is 11.6. The van der Waals surface area contributed by atoms with Crippen LogP contribution in [0.25, 0.3) is 0 Å². The van der Waals surface area contributed by atoms with E-state index in [4.69, 9.17) is 4.74 Å². The number of ether oxygens (including phenoxy) is 1. The van der Waals surface area contributed by atoms with Crippen molar-refractivity contribution in [1.82, 2.24) is 0 Å². The molecule has 1 atom stereocenters. The van der Waals surface area contributed by atoms with Crippen LogP contribution in [0.15, 0.2) is 24.3 Å². The van der Waals surface area contributed by atoms with Crippen molar-refractivity contribution in [2.75, 3.05) is 11.9 Å². The van der Waals surface area contributed by atoms with Gasteiger partial charge in [0.2, 0.25) is 0 Å². The Labute approximate surface area is 95.8 Å². The number of rotatable bonds is 3. The van der Waals surface area contributed by atoms with Crippen molar-refractivity contribution in [2.24, 2.45) is 0 Å². The molecule has 1 heterocycles. The van der Waals surface area contributed by atoms with E-state index >= 15 is 0 Å². The fourth-order valence-electron chi connectivity index (χ4n) is 2.05. The second-order valence-electron chi connectivity index (χ2n) is 4.41. The molecule has 0 aliphatic carbocycles. The largest absolute Gasteiger partial charge is 0.463 e. The summed E-state index contributed by atoms with van der Waals surface area (Å²) in [6.45, 7) is 4.57. The van der Waals surface area contributed by atoms with Gasteiger partial charge in [-0.15, -0.1) is 0 Å². The summed E-state index contributed by atoms with van der Waals surface area (Å²) in [7, 11) is 0. The van der Waals surface area contributed by atoms with Gasteiger partial charge in [-0.3, -0.25) is 4.79 Å². The fraction of sp³-hybridized carbons (Fsp3) is 0.462. The molecule has 2 rings (SSSR count). The molecule has 1 unspecified atom stereocenters. The molecule has 1 aromatic rings. The van der Waals surface area contributed by atoms with Crippen molar-refractivity contribution in [3.05, 3.63) is 29.8 Å². The zero-order chi connectivity index (χ0) is 11.5. The van der Waals surface area contributed by atoms with Crippen molar-refractivity contribution in [1.29, 1.82) is 0 Å². The highest BCUT2D eigenvalue weighted by atomic mass is 16.5. The van der Waals surface area contributed by atoms with E-state index in [-0.39, 0.29) is 18.0 Å². The molecule has 3 nitrogen and oxygen atoms in total. The molecule has 0 radical (unpaired) electrons. The van der Waals surface area contributed by atoms with Gasteiger partial charge in [-0.25, -0.2) is 0 Å². The van der Waals surface area contributed by atoms with Crippen LogP contribution in [-0.4, -0.2) is 18.6 Å². The van der Waals surface area contributed by atoms with E-state index in [9.17, 15) is 4.79 Å². The summed E-state index contributed by atoms with van der Waals surface area (Å²) < 4.78 is 5.16. The molecule has 86 valence electrons. The van der Waals surface area contributed by atoms with E-state index in [0.29, 0.717) is 6.42 Å². The third kappa shape index (κ3) is 2.35. The second-order valence-corrected chi connectivity index (χ2v) is 4.41. The van der Waals surface area contributed by atoms with E-state index in [1.165, 1.54) is 5.56 Å². The van der Waals surface area contributed by atoms with Crippen molar-refractivity contribution in [2.45, 2.75) is 32.3 Å². The molecular formula is C13H17NO2. The van der Waals surface area contributed by atoms with Gasteiger partial charge in [-0.1, -0.05) is 18.2 Å². The van der Waals surface area contributed by atoms with Crippen LogP contribution in [0.2, 0.25) is 0 Å². The standard InChI is InChI=1S/C13H17NO2/c1-9(2)16-13(15)7-10-8-14-12-6-4-3-5-11(10)12/h3-6,9-10,14H,7-8H2,1-2H3. The molecular weight excluding hydrogens is 202 g/mol. The minimum atomic E-state index is -0.112. The molecule has 0 saturated carbocycles. The first-order chi connectivity index (χ1) is 7.66. The Bertz CT molecular complexity index is 387. The minimum Gasteiger partial charge on any atom is -0.463 e. The Morgan fingerprint density at radius 3 is 3.00 bits per heavy atom. The number of nitrogens with one attached hydrogen (secondary N) is 1. The van der Waals surface area contributed by atoms with Gasteiger partial charge in [-0.2, -0.15) is 0 Å². The van der Waals surface area contributed by atoms with Crippen molar-refractivity contribution in [3.63, 3.8) is 0 Å². The Balaban J connectivity index is 2.00. The third-order valence-corrected chi connectivity index (χ3v) is 2.72. The maximum Gasteiger partial charge on any atom is 0.306 e. The lowest BCUT2D eigenvalue weighted by Gasteiger charge is -2.11. The van der Waals surface area contributed by atoms with E-state index < -0.39 is 0 Å². The van der Waals surface area contributed by atoms with Crippen LogP contribution in [0.4, 0.5) is 5.69 Å². The lowest BCUT2D eigenvalue weighted by molar-refractivity contribution is -0.147. The number of anilines is 1. The topological polar surface area (TPSA) is 38.3 Å². The fourth-order valence-corrected chi connectivity index (χ4v) is 2.05. The second kappa shape index (κ2) is 4.56. The smallest absolute Gasteiger partial charge is 0.306 e. The molecule has 1 N–H and O–H groups in total. The highest BCUT2D eigenvalue weighted by Gasteiger charge is 2.24. The maximum absolute atomic E-state index is 11.6. The number of benzene rings is 1. The average Bonchev–Trinajstić information content (AvgIpc) is 2.61. The van der Waals surface area contributed by atoms with Crippen LogP contribution in [0.3, 0.4) is 0 Å². The summed E-state index contributed by atoms with van der Waals surface area (Å²) in [6, 6.07) is 8.12. The first-order valence-electron chi connectivity index (χ1n) is 5.69. The van der Waals surface area contributed by atoms with Crippen LogP contribution in [-0.2, 0) is 9.53 Å². The average molecular weight is 219 g/mol. The predicted molar refractivity (Wildman–Crippen MR) is 63.5 cm³/mol. The molecule has 0 aromatic heterocycles. The van der Waals surface area contributed by atoms with E-state index in [0.717, 1.165) is 12.2 Å². The summed E-state index contributed by atoms with van der Waals surface area (Å²) in [5.41, 5.74) is 2.37. The molecule has 1 aliphatic rings. The number of esters is 1. The van der Waals surface area contributed by atoms with E-state index in [1.807, 2.05) is 32.0 Å². The molecule has 16 heavy (non-hydrogen) atoms. The first-order valence-corrected chi connectivity index (χ1v) is 5.69. The first kappa shape index (κ1) is 11.0. The molecule has 0 fully saturated rings. The molecule has 0 amide bonds. The number of hydrogen-bond donors (Lipinski definition) is 1. The summed E-state index contributed by atoms with van der Waals surface area (Å²) in [5, 5.41) is 3.30. The van der Waals surface area contributed by atoms with Gasteiger partial charge < -0.3 is 10.1 Å². The number of fused-ring (bicyclic) bond motifs is 1. The van der Waals surface area contributed by atoms with E-state index in [2.05, 4.69) is 11.4 Å². The number of hydrogen-bond acceptors (Lipinski definition) is 3. The number of carbonyl (C=O) groups excluding carboxylic acids is 1. The number of para-hydroxylation sites is 1. The zero-order valence-corrected chi connectivity index (χ0v) is 9.69. The monoisotopic (exact) mass is 219 g/mol. The molecule has 1 aromatic carbocycles. The normalized spacial score (nSPS) is 18.1. The van der Waals surface area contributed by atoms with Gasteiger partial charge in [0.15, 0.2) is 0 Å². The molecule has 3 heteroatoms. The molecule has 0 saturated heterocycles. The minimum absolute atomic E-state index is 0.0305. The Morgan fingerprint density at radius 1 is 1.50 bits per heavy atom. The van der Waals surface area contributed by atoms with Crippen LogP contribution >= 0.6 is 0 Å². The Kier molecular flexibility index (Phi) is 3.13. The molecule has 0 spiro atoms. The molecule has 1 aliphatic heterocycles. The van der Waals surface area contributed by atoms with Crippen molar-refractivity contribution in [3.8, 4) is 0 Å². The highest BCUT2D eigenvalue weighted by molar-refractivity contribution is 5.72. The van der Waals surface area contributed by atoms with Gasteiger partial charge in [0.25, 0.3) is 0 Å². The van der Waals surface area contributed by atoms with Crippen molar-refractivity contribution < 1.29 is 9.53 Å². The predicted octanol–water partition coefficient (Wildman–Crippen LogP) is 2.54. The summed E-state index contributed by atoms with van der Waals surface area (Å²) in [4.78, 5) is 11.6. The quantitative estimate of drug-likeness (QED) is 0.794. The van der Waals surface area contributed by atoms with Crippen molar-refractivity contribution >= 4 is 11.7 Å². The van der Waals surface area contributed by atoms with Gasteiger partial charge in [-0.05, 0) is 25.5 Å². The number of carbonyl (C=O) groups is 1. The third-order valence-electron chi connectivity index (χ3n) is 2.72. The van der Waals surface area contributed by atoms with E-state index in [1.54, 1.807) is 0 Å². The summed E-state index contributed by atoms with van der Waals surface area (Å²) in [6.07, 6.45) is 0.430. The summed E-state index contributed by atoms with van der Waals surface area (Å²) >= 11 is 0. The van der Waals surface area contributed by atoms with Gasteiger partial charge in [0.1, 0.15) is 0 Å². The van der Waals surface area contributed by atoms with Gasteiger partial charge >= 0.3 is 5.97 Å².